The highest BCUT2D eigenvalue weighted by Crippen LogP contribution is 2.21. The lowest BCUT2D eigenvalue weighted by atomic mass is 10.0. The minimum absolute atomic E-state index is 0.358. The molecule has 100 valence electrons. The van der Waals surface area contributed by atoms with Crippen molar-refractivity contribution in [3.05, 3.63) is 0 Å². The first-order valence-corrected chi connectivity index (χ1v) is 6.99. The lowest BCUT2D eigenvalue weighted by Crippen LogP contribution is -2.39. The fourth-order valence-electron chi connectivity index (χ4n) is 2.92. The fourth-order valence-corrected chi connectivity index (χ4v) is 2.92. The molecule has 0 aromatic carbocycles. The fraction of sp³-hybridized carbons (Fsp3) is 1.00. The molecule has 0 aliphatic carbocycles. The Kier molecular flexibility index (Phi) is 4.42. The van der Waals surface area contributed by atoms with E-state index in [-0.39, 0.29) is 0 Å². The van der Waals surface area contributed by atoms with Gasteiger partial charge < -0.3 is 15.7 Å². The Balaban J connectivity index is 1.70. The lowest BCUT2D eigenvalue weighted by Gasteiger charge is -2.26. The maximum atomic E-state index is 9.90. The Morgan fingerprint density at radius 2 is 2.00 bits per heavy atom. The molecule has 0 radical (unpaired) electrons. The minimum atomic E-state index is -0.689. The highest BCUT2D eigenvalue weighted by Gasteiger charge is 2.30. The first kappa shape index (κ1) is 13.3. The Morgan fingerprint density at radius 3 is 2.65 bits per heavy atom. The molecule has 17 heavy (non-hydrogen) atoms. The summed E-state index contributed by atoms with van der Waals surface area (Å²) in [6, 6.07) is 0.764. The predicted molar refractivity (Wildman–Crippen MR) is 69.9 cm³/mol. The molecular formula is C13H27N3O. The normalized spacial score (nSPS) is 30.9. The quantitative estimate of drug-likeness (QED) is 0.725. The zero-order valence-electron chi connectivity index (χ0n) is 11.1. The topological polar surface area (TPSA) is 52.7 Å². The monoisotopic (exact) mass is 241 g/mol. The molecule has 0 aromatic rings. The van der Waals surface area contributed by atoms with Crippen LogP contribution in [-0.4, -0.2) is 65.8 Å². The summed E-state index contributed by atoms with van der Waals surface area (Å²) in [5, 5.41) is 9.90. The molecule has 2 aliphatic heterocycles. The van der Waals surface area contributed by atoms with Crippen LogP contribution in [0, 0.1) is 0 Å². The molecule has 2 fully saturated rings. The van der Waals surface area contributed by atoms with Crippen molar-refractivity contribution < 1.29 is 5.11 Å². The molecule has 2 atom stereocenters. The van der Waals surface area contributed by atoms with E-state index in [0.717, 1.165) is 19.0 Å². The summed E-state index contributed by atoms with van der Waals surface area (Å²) < 4.78 is 0. The van der Waals surface area contributed by atoms with Crippen LogP contribution in [0.5, 0.6) is 0 Å². The Labute approximate surface area is 105 Å². The number of aliphatic hydroxyl groups is 1. The van der Waals surface area contributed by atoms with Crippen LogP contribution in [0.2, 0.25) is 0 Å². The SMILES string of the molecule is CC(O)(CN)CCN1CCC(N2CCCC2)C1. The summed E-state index contributed by atoms with van der Waals surface area (Å²) >= 11 is 0. The van der Waals surface area contributed by atoms with E-state index in [0.29, 0.717) is 6.54 Å². The maximum Gasteiger partial charge on any atom is 0.0753 e. The molecule has 4 heteroatoms. The van der Waals surface area contributed by atoms with Gasteiger partial charge in [-0.05, 0) is 52.2 Å². The zero-order chi connectivity index (χ0) is 12.3. The summed E-state index contributed by atoms with van der Waals surface area (Å²) in [7, 11) is 0. The van der Waals surface area contributed by atoms with Crippen molar-refractivity contribution in [2.75, 3.05) is 39.3 Å². The van der Waals surface area contributed by atoms with Crippen LogP contribution < -0.4 is 5.73 Å². The molecule has 0 amide bonds. The van der Waals surface area contributed by atoms with Crippen LogP contribution in [0.3, 0.4) is 0 Å². The Bertz CT molecular complexity index is 239. The average molecular weight is 241 g/mol. The third-order valence-electron chi connectivity index (χ3n) is 4.31. The summed E-state index contributed by atoms with van der Waals surface area (Å²) in [6.45, 7) is 8.12. The van der Waals surface area contributed by atoms with E-state index in [1.54, 1.807) is 0 Å². The van der Waals surface area contributed by atoms with Crippen LogP contribution in [0.25, 0.3) is 0 Å². The third-order valence-corrected chi connectivity index (χ3v) is 4.31. The first-order valence-electron chi connectivity index (χ1n) is 6.99. The van der Waals surface area contributed by atoms with E-state index in [9.17, 15) is 5.11 Å². The van der Waals surface area contributed by atoms with Crippen LogP contribution >= 0.6 is 0 Å². The maximum absolute atomic E-state index is 9.90. The number of nitrogens with two attached hydrogens (primary N) is 1. The average Bonchev–Trinajstić information content (AvgIpc) is 2.97. The van der Waals surface area contributed by atoms with E-state index >= 15 is 0 Å². The van der Waals surface area contributed by atoms with Crippen LogP contribution in [0.15, 0.2) is 0 Å². The molecule has 0 aromatic heterocycles. The van der Waals surface area contributed by atoms with Gasteiger partial charge >= 0.3 is 0 Å². The van der Waals surface area contributed by atoms with Crippen molar-refractivity contribution >= 4 is 0 Å². The van der Waals surface area contributed by atoms with Gasteiger partial charge in [0, 0.05) is 25.7 Å². The molecule has 0 saturated carbocycles. The van der Waals surface area contributed by atoms with Gasteiger partial charge in [-0.2, -0.15) is 0 Å². The summed E-state index contributed by atoms with van der Waals surface area (Å²) in [4.78, 5) is 5.12. The van der Waals surface area contributed by atoms with E-state index < -0.39 is 5.60 Å². The van der Waals surface area contributed by atoms with Gasteiger partial charge in [-0.3, -0.25) is 4.90 Å². The number of rotatable bonds is 5. The second-order valence-corrected chi connectivity index (χ2v) is 5.94. The predicted octanol–water partition coefficient (Wildman–Crippen LogP) is 0.256. The summed E-state index contributed by atoms with van der Waals surface area (Å²) in [5.74, 6) is 0. The van der Waals surface area contributed by atoms with Gasteiger partial charge in [0.1, 0.15) is 0 Å². The Hall–Kier alpha value is -0.160. The second kappa shape index (κ2) is 5.65. The van der Waals surface area contributed by atoms with E-state index in [4.69, 9.17) is 5.73 Å². The van der Waals surface area contributed by atoms with Crippen molar-refractivity contribution in [2.45, 2.75) is 44.2 Å². The molecular weight excluding hydrogens is 214 g/mol. The summed E-state index contributed by atoms with van der Waals surface area (Å²) in [5.41, 5.74) is 4.85. The molecule has 4 nitrogen and oxygen atoms in total. The number of nitrogens with zero attached hydrogens (tertiary/aromatic N) is 2. The van der Waals surface area contributed by atoms with Gasteiger partial charge in [0.25, 0.3) is 0 Å². The van der Waals surface area contributed by atoms with Crippen LogP contribution in [0.1, 0.15) is 32.6 Å². The van der Waals surface area contributed by atoms with E-state index in [1.165, 1.54) is 45.4 Å². The van der Waals surface area contributed by atoms with Crippen molar-refractivity contribution in [1.82, 2.24) is 9.80 Å². The van der Waals surface area contributed by atoms with Crippen LogP contribution in [-0.2, 0) is 0 Å². The second-order valence-electron chi connectivity index (χ2n) is 5.94. The van der Waals surface area contributed by atoms with Gasteiger partial charge in [-0.1, -0.05) is 0 Å². The number of hydrogen-bond acceptors (Lipinski definition) is 4. The van der Waals surface area contributed by atoms with Gasteiger partial charge in [-0.15, -0.1) is 0 Å². The van der Waals surface area contributed by atoms with Gasteiger partial charge in [-0.25, -0.2) is 0 Å². The molecule has 2 unspecified atom stereocenters. The van der Waals surface area contributed by atoms with Gasteiger partial charge in [0.2, 0.25) is 0 Å². The van der Waals surface area contributed by atoms with E-state index in [1.807, 2.05) is 6.92 Å². The summed E-state index contributed by atoms with van der Waals surface area (Å²) in [6.07, 6.45) is 4.83. The van der Waals surface area contributed by atoms with E-state index in [2.05, 4.69) is 9.80 Å². The molecule has 3 N–H and O–H groups in total. The number of likely N-dealkylation sites (tertiary alicyclic amines) is 2. The molecule has 2 saturated heterocycles. The molecule has 2 heterocycles. The molecule has 0 bridgehead atoms. The lowest BCUT2D eigenvalue weighted by molar-refractivity contribution is 0.0495. The number of hydrogen-bond donors (Lipinski definition) is 2. The Morgan fingerprint density at radius 1 is 1.29 bits per heavy atom. The largest absolute Gasteiger partial charge is 0.389 e. The van der Waals surface area contributed by atoms with Crippen molar-refractivity contribution in [1.29, 1.82) is 0 Å². The highest BCUT2D eigenvalue weighted by atomic mass is 16.3. The zero-order valence-corrected chi connectivity index (χ0v) is 11.1. The molecule has 2 rings (SSSR count). The van der Waals surface area contributed by atoms with Crippen molar-refractivity contribution in [3.8, 4) is 0 Å². The van der Waals surface area contributed by atoms with Gasteiger partial charge in [0.15, 0.2) is 0 Å². The smallest absolute Gasteiger partial charge is 0.0753 e. The molecule has 2 aliphatic rings. The van der Waals surface area contributed by atoms with Crippen molar-refractivity contribution in [2.24, 2.45) is 5.73 Å². The third kappa shape index (κ3) is 3.65. The van der Waals surface area contributed by atoms with Crippen molar-refractivity contribution in [3.63, 3.8) is 0 Å². The highest BCUT2D eigenvalue weighted by molar-refractivity contribution is 4.86. The molecule has 0 spiro atoms. The minimum Gasteiger partial charge on any atom is -0.389 e. The standard InChI is InChI=1S/C13H27N3O/c1-13(17,11-14)5-9-15-8-4-12(10-15)16-6-2-3-7-16/h12,17H,2-11,14H2,1H3. The van der Waals surface area contributed by atoms with Crippen LogP contribution in [0.4, 0.5) is 0 Å². The first-order chi connectivity index (χ1) is 8.11. The van der Waals surface area contributed by atoms with Gasteiger partial charge in [0.05, 0.1) is 5.60 Å².